The number of sulfonamides is 2. The van der Waals surface area contributed by atoms with E-state index in [-0.39, 0.29) is 51.7 Å². The minimum atomic E-state index is -4.29. The fourth-order valence-electron chi connectivity index (χ4n) is 6.13. The molecular weight excluding hydrogens is 516 g/mol. The maximum absolute atomic E-state index is 13.8. The van der Waals surface area contributed by atoms with E-state index in [9.17, 15) is 26.4 Å². The second-order valence-electron chi connectivity index (χ2n) is 11.1. The Morgan fingerprint density at radius 2 is 1.89 bits per heavy atom. The predicted octanol–water partition coefficient (Wildman–Crippen LogP) is 2.37. The monoisotopic (exact) mass is 546 g/mol. The third kappa shape index (κ3) is 4.08. The number of piperidine rings is 1. The molecule has 1 aromatic rings. The highest BCUT2D eigenvalue weighted by Gasteiger charge is 2.59. The molecule has 5 aliphatic rings. The van der Waals surface area contributed by atoms with E-state index in [1.165, 1.54) is 18.2 Å². The second kappa shape index (κ2) is 8.39. The number of benzene rings is 1. The molecule has 1 saturated heterocycles. The molecule has 5 unspecified atom stereocenters. The number of hydrogen-bond acceptors (Lipinski definition) is 7. The average Bonchev–Trinajstić information content (AvgIpc) is 3.49. The van der Waals surface area contributed by atoms with E-state index >= 15 is 0 Å². The number of nitrogens with zero attached hydrogens (tertiary/aromatic N) is 2. The Kier molecular flexibility index (Phi) is 5.58. The molecular formula is C25H30N4O6S2. The largest absolute Gasteiger partial charge is 0.341 e. The Bertz CT molecular complexity index is 1460. The van der Waals surface area contributed by atoms with Gasteiger partial charge in [-0.15, -0.1) is 4.40 Å². The molecule has 10 nitrogen and oxygen atoms in total. The maximum Gasteiger partial charge on any atom is 0.286 e. The molecule has 2 aliphatic heterocycles. The number of carbonyl (C=O) groups is 2. The number of amides is 1. The van der Waals surface area contributed by atoms with E-state index in [2.05, 4.69) is 34.4 Å². The molecule has 12 heteroatoms. The highest BCUT2D eigenvalue weighted by molar-refractivity contribution is 7.93. The van der Waals surface area contributed by atoms with E-state index in [4.69, 9.17) is 0 Å². The van der Waals surface area contributed by atoms with Gasteiger partial charge in [-0.1, -0.05) is 26.0 Å². The number of nitrogens with one attached hydrogen (secondary N) is 2. The number of likely N-dealkylation sites (tertiary alicyclic amines) is 1. The van der Waals surface area contributed by atoms with Crippen molar-refractivity contribution in [2.75, 3.05) is 16.6 Å². The van der Waals surface area contributed by atoms with Crippen LogP contribution in [0.5, 0.6) is 0 Å². The van der Waals surface area contributed by atoms with Gasteiger partial charge in [0, 0.05) is 24.2 Å². The fourth-order valence-corrected chi connectivity index (χ4v) is 8.69. The van der Waals surface area contributed by atoms with Gasteiger partial charge in [-0.05, 0) is 61.6 Å². The topological polar surface area (TPSA) is 142 Å². The summed E-state index contributed by atoms with van der Waals surface area (Å²) in [4.78, 5) is 29.1. The van der Waals surface area contributed by atoms with Crippen molar-refractivity contribution in [1.82, 2.24) is 4.90 Å². The minimum Gasteiger partial charge on any atom is -0.341 e. The summed E-state index contributed by atoms with van der Waals surface area (Å²) in [5.41, 5.74) is 0.277. The fraction of sp³-hybridized carbons (Fsp3) is 0.560. The van der Waals surface area contributed by atoms with Gasteiger partial charge in [-0.2, -0.15) is 8.42 Å². The van der Waals surface area contributed by atoms with Gasteiger partial charge in [0.15, 0.2) is 11.7 Å². The number of Topliss-reactive ketones (excluding diaryl/α,β-unsaturated/α-hetero) is 1. The number of amidine groups is 1. The first kappa shape index (κ1) is 24.6. The van der Waals surface area contributed by atoms with Crippen LogP contribution in [0.3, 0.4) is 0 Å². The number of ketones is 1. The lowest BCUT2D eigenvalue weighted by molar-refractivity contribution is -0.151. The summed E-state index contributed by atoms with van der Waals surface area (Å²) in [6, 6.07) is 3.92. The molecule has 5 atom stereocenters. The van der Waals surface area contributed by atoms with Crippen LogP contribution in [0.25, 0.3) is 0 Å². The van der Waals surface area contributed by atoms with Crippen LogP contribution in [0, 0.1) is 29.6 Å². The summed E-state index contributed by atoms with van der Waals surface area (Å²) in [7, 11) is -7.87. The molecule has 198 valence electrons. The van der Waals surface area contributed by atoms with Gasteiger partial charge in [0.25, 0.3) is 10.0 Å². The van der Waals surface area contributed by atoms with Crippen LogP contribution in [-0.2, 0) is 29.6 Å². The smallest absolute Gasteiger partial charge is 0.286 e. The van der Waals surface area contributed by atoms with E-state index in [0.717, 1.165) is 12.8 Å². The second-order valence-corrected chi connectivity index (χ2v) is 14.7. The number of hydrogen-bond donors (Lipinski definition) is 2. The SMILES string of the molecule is CC(C)CCN1C(=O)C(C2=NS(=O)(=O)c3cc(NS(=O)(=O)C4CC4)ccc3N2)C(=O)C2C3C=CC(C3)C21. The Labute approximate surface area is 216 Å². The Balaban J connectivity index is 1.33. The van der Waals surface area contributed by atoms with Crippen LogP contribution in [-0.4, -0.2) is 57.1 Å². The van der Waals surface area contributed by atoms with Crippen molar-refractivity contribution in [3.8, 4) is 0 Å². The van der Waals surface area contributed by atoms with Crippen LogP contribution in [0.1, 0.15) is 39.5 Å². The molecule has 2 heterocycles. The number of rotatable bonds is 7. The van der Waals surface area contributed by atoms with Crippen molar-refractivity contribution in [3.63, 3.8) is 0 Å². The Morgan fingerprint density at radius 1 is 1.16 bits per heavy atom. The summed E-state index contributed by atoms with van der Waals surface area (Å²) >= 11 is 0. The normalized spacial score (nSPS) is 31.7. The molecule has 0 radical (unpaired) electrons. The van der Waals surface area contributed by atoms with E-state index in [1.54, 1.807) is 4.90 Å². The third-order valence-electron chi connectivity index (χ3n) is 8.11. The third-order valence-corrected chi connectivity index (χ3v) is 11.3. The van der Waals surface area contributed by atoms with Crippen molar-refractivity contribution in [1.29, 1.82) is 0 Å². The number of fused-ring (bicyclic) bond motifs is 6. The Morgan fingerprint density at radius 3 is 2.59 bits per heavy atom. The zero-order valence-electron chi connectivity index (χ0n) is 20.6. The van der Waals surface area contributed by atoms with Crippen molar-refractivity contribution < 1.29 is 26.4 Å². The average molecular weight is 547 g/mol. The Hall–Kier alpha value is -2.73. The first-order chi connectivity index (χ1) is 17.5. The zero-order valence-corrected chi connectivity index (χ0v) is 22.3. The predicted molar refractivity (Wildman–Crippen MR) is 138 cm³/mol. The molecule has 3 fully saturated rings. The van der Waals surface area contributed by atoms with E-state index < -0.39 is 37.1 Å². The van der Waals surface area contributed by atoms with Crippen molar-refractivity contribution >= 4 is 48.9 Å². The highest BCUT2D eigenvalue weighted by atomic mass is 32.2. The minimum absolute atomic E-state index is 0.0368. The number of anilines is 2. The van der Waals surface area contributed by atoms with Gasteiger partial charge >= 0.3 is 0 Å². The summed E-state index contributed by atoms with van der Waals surface area (Å²) < 4.78 is 57.3. The zero-order chi connectivity index (χ0) is 26.3. The van der Waals surface area contributed by atoms with Crippen LogP contribution >= 0.6 is 0 Å². The molecule has 6 rings (SSSR count). The van der Waals surface area contributed by atoms with Gasteiger partial charge in [0.05, 0.1) is 10.9 Å². The molecule has 2 bridgehead atoms. The molecule has 3 aliphatic carbocycles. The number of allylic oxidation sites excluding steroid dienone is 1. The lowest BCUT2D eigenvalue weighted by Crippen LogP contribution is -2.61. The molecule has 1 amide bonds. The van der Waals surface area contributed by atoms with Crippen LogP contribution < -0.4 is 10.0 Å². The van der Waals surface area contributed by atoms with Gasteiger partial charge in [-0.25, -0.2) is 8.42 Å². The van der Waals surface area contributed by atoms with Crippen molar-refractivity contribution in [3.05, 3.63) is 30.4 Å². The molecule has 2 saturated carbocycles. The highest BCUT2D eigenvalue weighted by Crippen LogP contribution is 2.50. The van der Waals surface area contributed by atoms with Crippen molar-refractivity contribution in [2.45, 2.75) is 55.7 Å². The van der Waals surface area contributed by atoms with Gasteiger partial charge in [-0.3, -0.25) is 14.3 Å². The van der Waals surface area contributed by atoms with E-state index in [1.807, 2.05) is 6.08 Å². The molecule has 0 aromatic heterocycles. The van der Waals surface area contributed by atoms with Gasteiger partial charge in [0.2, 0.25) is 15.9 Å². The molecule has 2 N–H and O–H groups in total. The summed E-state index contributed by atoms with van der Waals surface area (Å²) in [6.45, 7) is 4.65. The number of carbonyl (C=O) groups excluding carboxylic acids is 2. The van der Waals surface area contributed by atoms with Crippen LogP contribution in [0.15, 0.2) is 39.6 Å². The first-order valence-electron chi connectivity index (χ1n) is 12.8. The van der Waals surface area contributed by atoms with Gasteiger partial charge < -0.3 is 10.2 Å². The van der Waals surface area contributed by atoms with E-state index in [0.29, 0.717) is 25.3 Å². The molecule has 1 aromatic carbocycles. The maximum atomic E-state index is 13.8. The summed E-state index contributed by atoms with van der Waals surface area (Å²) in [6.07, 6.45) is 6.89. The van der Waals surface area contributed by atoms with Crippen LogP contribution in [0.2, 0.25) is 0 Å². The quantitative estimate of drug-likeness (QED) is 0.395. The summed E-state index contributed by atoms with van der Waals surface area (Å²) in [5, 5.41) is 2.46. The molecule has 37 heavy (non-hydrogen) atoms. The summed E-state index contributed by atoms with van der Waals surface area (Å²) in [5.74, 6) is -2.05. The molecule has 0 spiro atoms. The first-order valence-corrected chi connectivity index (χ1v) is 15.7. The lowest BCUT2D eigenvalue weighted by Gasteiger charge is -2.44. The van der Waals surface area contributed by atoms with Crippen LogP contribution in [0.4, 0.5) is 11.4 Å². The van der Waals surface area contributed by atoms with Gasteiger partial charge in [0.1, 0.15) is 10.7 Å². The van der Waals surface area contributed by atoms with Crippen molar-refractivity contribution in [2.24, 2.45) is 34.0 Å². The lowest BCUT2D eigenvalue weighted by atomic mass is 9.75. The standard InChI is InChI=1S/C25H30N4O6S2/c1-13(2)9-10-29-22-15-4-3-14(11-15)20(22)23(30)21(25(29)31)24-26-18-8-5-16(12-19(18)37(34,35)28-24)27-36(32,33)17-6-7-17/h3-5,8,12-15,17,20-22,27H,6-7,9-11H2,1-2H3,(H,26,28).